The van der Waals surface area contributed by atoms with E-state index in [1.807, 2.05) is 12.1 Å². The molecule has 3 nitrogen and oxygen atoms in total. The molecule has 20 heavy (non-hydrogen) atoms. The van der Waals surface area contributed by atoms with Crippen molar-refractivity contribution in [3.8, 4) is 0 Å². The van der Waals surface area contributed by atoms with E-state index in [1.165, 1.54) is 18.4 Å². The largest absolute Gasteiger partial charge is 0.468 e. The molecule has 1 saturated carbocycles. The summed E-state index contributed by atoms with van der Waals surface area (Å²) in [7, 11) is 0. The van der Waals surface area contributed by atoms with Crippen LogP contribution in [0.5, 0.6) is 0 Å². The van der Waals surface area contributed by atoms with Gasteiger partial charge in [-0.05, 0) is 42.2 Å². The van der Waals surface area contributed by atoms with Gasteiger partial charge in [-0.2, -0.15) is 0 Å². The van der Waals surface area contributed by atoms with Crippen LogP contribution in [0.4, 0.5) is 0 Å². The Hall–Kier alpha value is -1.10. The fourth-order valence-electron chi connectivity index (χ4n) is 2.42. The Morgan fingerprint density at radius 2 is 2.10 bits per heavy atom. The highest BCUT2D eigenvalue weighted by molar-refractivity contribution is 9.10. The Morgan fingerprint density at radius 1 is 1.25 bits per heavy atom. The first-order chi connectivity index (χ1) is 9.76. The van der Waals surface area contributed by atoms with E-state index >= 15 is 0 Å². The van der Waals surface area contributed by atoms with E-state index < -0.39 is 0 Å². The Labute approximate surface area is 127 Å². The summed E-state index contributed by atoms with van der Waals surface area (Å²) in [6, 6.07) is 11.1. The number of halogens is 1. The van der Waals surface area contributed by atoms with Crippen molar-refractivity contribution in [2.45, 2.75) is 38.5 Å². The summed E-state index contributed by atoms with van der Waals surface area (Å²) in [4.78, 5) is 2.49. The number of hydrogen-bond acceptors (Lipinski definition) is 3. The molecule has 2 aromatic rings. The number of nitrogens with two attached hydrogens (primary N) is 1. The molecular formula is C16H19BrN2O. The lowest BCUT2D eigenvalue weighted by atomic mass is 10.1. The van der Waals surface area contributed by atoms with E-state index in [1.54, 1.807) is 6.26 Å². The van der Waals surface area contributed by atoms with Crippen molar-refractivity contribution in [1.82, 2.24) is 4.90 Å². The Morgan fingerprint density at radius 3 is 2.70 bits per heavy atom. The molecule has 0 saturated heterocycles. The molecular weight excluding hydrogens is 316 g/mol. The van der Waals surface area contributed by atoms with Crippen LogP contribution >= 0.6 is 15.9 Å². The molecule has 0 atom stereocenters. The molecule has 4 heteroatoms. The molecule has 1 aliphatic rings. The van der Waals surface area contributed by atoms with Crippen LogP contribution in [0.25, 0.3) is 0 Å². The molecule has 3 rings (SSSR count). The van der Waals surface area contributed by atoms with Crippen LogP contribution in [0.15, 0.2) is 45.5 Å². The second-order valence-electron chi connectivity index (χ2n) is 5.35. The van der Waals surface area contributed by atoms with Crippen molar-refractivity contribution >= 4 is 15.9 Å². The first kappa shape index (κ1) is 13.9. The monoisotopic (exact) mass is 334 g/mol. The van der Waals surface area contributed by atoms with Gasteiger partial charge in [0.05, 0.1) is 12.8 Å². The summed E-state index contributed by atoms with van der Waals surface area (Å²) in [5.41, 5.74) is 8.14. The molecule has 0 aliphatic heterocycles. The maximum Gasteiger partial charge on any atom is 0.117 e. The first-order valence-corrected chi connectivity index (χ1v) is 7.79. The highest BCUT2D eigenvalue weighted by Crippen LogP contribution is 2.31. The minimum absolute atomic E-state index is 0.581. The van der Waals surface area contributed by atoms with Crippen molar-refractivity contribution in [3.05, 3.63) is 58.0 Å². The van der Waals surface area contributed by atoms with E-state index in [4.69, 9.17) is 10.2 Å². The molecule has 0 bridgehead atoms. The summed E-state index contributed by atoms with van der Waals surface area (Å²) < 4.78 is 6.62. The minimum atomic E-state index is 0.581. The second kappa shape index (κ2) is 6.12. The van der Waals surface area contributed by atoms with Gasteiger partial charge in [0.15, 0.2) is 0 Å². The molecule has 0 radical (unpaired) electrons. The molecule has 0 spiro atoms. The Kier molecular flexibility index (Phi) is 4.24. The van der Waals surface area contributed by atoms with Gasteiger partial charge in [0.1, 0.15) is 5.76 Å². The topological polar surface area (TPSA) is 42.4 Å². The Balaban J connectivity index is 1.73. The van der Waals surface area contributed by atoms with Gasteiger partial charge in [-0.15, -0.1) is 0 Å². The smallest absolute Gasteiger partial charge is 0.117 e. The first-order valence-electron chi connectivity index (χ1n) is 7.00. The second-order valence-corrected chi connectivity index (χ2v) is 6.20. The van der Waals surface area contributed by atoms with Gasteiger partial charge in [-0.25, -0.2) is 0 Å². The van der Waals surface area contributed by atoms with Crippen molar-refractivity contribution < 1.29 is 4.42 Å². The summed E-state index contributed by atoms with van der Waals surface area (Å²) >= 11 is 3.66. The minimum Gasteiger partial charge on any atom is -0.468 e. The molecule has 0 unspecified atom stereocenters. The zero-order chi connectivity index (χ0) is 13.9. The zero-order valence-corrected chi connectivity index (χ0v) is 13.0. The number of nitrogens with zero attached hydrogens (tertiary/aromatic N) is 1. The lowest BCUT2D eigenvalue weighted by molar-refractivity contribution is 0.225. The fourth-order valence-corrected chi connectivity index (χ4v) is 2.97. The van der Waals surface area contributed by atoms with Crippen LogP contribution in [0, 0.1) is 0 Å². The number of rotatable bonds is 6. The van der Waals surface area contributed by atoms with Gasteiger partial charge in [-0.1, -0.05) is 28.1 Å². The summed E-state index contributed by atoms with van der Waals surface area (Å²) in [6.07, 6.45) is 4.32. The highest BCUT2D eigenvalue weighted by atomic mass is 79.9. The van der Waals surface area contributed by atoms with Crippen LogP contribution in [0.3, 0.4) is 0 Å². The fraction of sp³-hybridized carbons (Fsp3) is 0.375. The van der Waals surface area contributed by atoms with Gasteiger partial charge in [-0.3, -0.25) is 4.90 Å². The molecule has 0 amide bonds. The highest BCUT2D eigenvalue weighted by Gasteiger charge is 2.29. The lowest BCUT2D eigenvalue weighted by Crippen LogP contribution is -2.25. The third-order valence-electron chi connectivity index (χ3n) is 3.73. The number of benzene rings is 1. The lowest BCUT2D eigenvalue weighted by Gasteiger charge is -2.21. The third-order valence-corrected chi connectivity index (χ3v) is 4.47. The standard InChI is InChI=1S/C16H19BrN2O/c17-16-8-12(9-18)3-4-13(16)10-19(14-5-6-14)11-15-2-1-7-20-15/h1-4,7-8,14H,5-6,9-11,18H2. The molecule has 2 N–H and O–H groups in total. The zero-order valence-electron chi connectivity index (χ0n) is 11.4. The molecule has 1 aliphatic carbocycles. The van der Waals surface area contributed by atoms with Gasteiger partial charge in [0.25, 0.3) is 0 Å². The average Bonchev–Trinajstić information content (AvgIpc) is 3.18. The van der Waals surface area contributed by atoms with E-state index in [0.29, 0.717) is 12.6 Å². The van der Waals surface area contributed by atoms with E-state index in [9.17, 15) is 0 Å². The predicted molar refractivity (Wildman–Crippen MR) is 83.0 cm³/mol. The SMILES string of the molecule is NCc1ccc(CN(Cc2ccco2)C2CC2)c(Br)c1. The number of furan rings is 1. The van der Waals surface area contributed by atoms with E-state index in [-0.39, 0.29) is 0 Å². The van der Waals surface area contributed by atoms with Gasteiger partial charge < -0.3 is 10.2 Å². The summed E-state index contributed by atoms with van der Waals surface area (Å²) in [5.74, 6) is 1.03. The number of hydrogen-bond donors (Lipinski definition) is 1. The van der Waals surface area contributed by atoms with Crippen molar-refractivity contribution in [2.75, 3.05) is 0 Å². The van der Waals surface area contributed by atoms with E-state index in [2.05, 4.69) is 39.0 Å². The van der Waals surface area contributed by atoms with Crippen LogP contribution in [-0.4, -0.2) is 10.9 Å². The maximum absolute atomic E-state index is 5.67. The van der Waals surface area contributed by atoms with Crippen LogP contribution in [0.1, 0.15) is 29.7 Å². The molecule has 1 fully saturated rings. The van der Waals surface area contributed by atoms with Gasteiger partial charge in [0, 0.05) is 23.6 Å². The molecule has 106 valence electrons. The molecule has 1 aromatic carbocycles. The van der Waals surface area contributed by atoms with Crippen LogP contribution < -0.4 is 5.73 Å². The molecule has 1 heterocycles. The third kappa shape index (κ3) is 3.32. The summed E-state index contributed by atoms with van der Waals surface area (Å²) in [5, 5.41) is 0. The maximum atomic E-state index is 5.67. The van der Waals surface area contributed by atoms with Gasteiger partial charge in [0.2, 0.25) is 0 Å². The Bertz CT molecular complexity index is 564. The summed E-state index contributed by atoms with van der Waals surface area (Å²) in [6.45, 7) is 2.40. The molecule has 1 aromatic heterocycles. The van der Waals surface area contributed by atoms with Crippen molar-refractivity contribution in [1.29, 1.82) is 0 Å². The quantitative estimate of drug-likeness (QED) is 0.876. The van der Waals surface area contributed by atoms with Crippen molar-refractivity contribution in [2.24, 2.45) is 5.73 Å². The van der Waals surface area contributed by atoms with E-state index in [0.717, 1.165) is 28.9 Å². The normalized spacial score (nSPS) is 14.9. The predicted octanol–water partition coefficient (Wildman–Crippen LogP) is 3.67. The average molecular weight is 335 g/mol. The van der Waals surface area contributed by atoms with Crippen LogP contribution in [-0.2, 0) is 19.6 Å². The van der Waals surface area contributed by atoms with Crippen LogP contribution in [0.2, 0.25) is 0 Å². The van der Waals surface area contributed by atoms with Crippen molar-refractivity contribution in [3.63, 3.8) is 0 Å². The van der Waals surface area contributed by atoms with Gasteiger partial charge >= 0.3 is 0 Å².